The van der Waals surface area contributed by atoms with E-state index in [1.165, 1.54) is 18.2 Å². The molecule has 0 radical (unpaired) electrons. The number of halogens is 2. The van der Waals surface area contributed by atoms with Crippen molar-refractivity contribution in [3.63, 3.8) is 0 Å². The number of carboxylic acid groups (broad SMARTS) is 1. The van der Waals surface area contributed by atoms with Crippen molar-refractivity contribution >= 4 is 46.5 Å². The quantitative estimate of drug-likeness (QED) is 0.0985. The number of nitrogens with two attached hydrogens (primary N) is 1. The van der Waals surface area contributed by atoms with Crippen LogP contribution in [-0.4, -0.2) is 32.5 Å². The van der Waals surface area contributed by atoms with Crippen molar-refractivity contribution < 1.29 is 24.9 Å². The number of nitrogens with one attached hydrogen (secondary N) is 1. The Morgan fingerprint density at radius 3 is 1.63 bits per heavy atom. The number of aromatic carboxylic acids is 1. The molecule has 212 valence electrons. The highest BCUT2D eigenvalue weighted by Gasteiger charge is 2.10. The van der Waals surface area contributed by atoms with E-state index in [9.17, 15) is 14.7 Å². The molecule has 41 heavy (non-hydrogen) atoms. The summed E-state index contributed by atoms with van der Waals surface area (Å²) in [5.41, 5.74) is 8.42. The Morgan fingerprint density at radius 2 is 1.22 bits per heavy atom. The number of hydrogen-bond acceptors (Lipinski definition) is 5. The number of carbonyl (C=O) groups excluding carboxylic acids is 1. The number of nitrogen functional groups attached to an aromatic ring is 1. The van der Waals surface area contributed by atoms with Crippen molar-refractivity contribution in [2.45, 2.75) is 7.43 Å². The zero-order valence-corrected chi connectivity index (χ0v) is 22.6. The van der Waals surface area contributed by atoms with Gasteiger partial charge in [0.05, 0.1) is 10.9 Å². The SMILES string of the molecule is C.C#Cc1cccc(N)c1.C#Cc1cccc(NC(=O)c2ccccc2O)c1.ClCCl.O=C(O)c1ccccc1O. The molecule has 9 heteroatoms. The summed E-state index contributed by atoms with van der Waals surface area (Å²) in [6.45, 7) is 0. The summed E-state index contributed by atoms with van der Waals surface area (Å²) in [5, 5.41) is 29.7. The fraction of sp³-hybridized carbons (Fsp3) is 0.0625. The first-order chi connectivity index (χ1) is 19.2. The van der Waals surface area contributed by atoms with Gasteiger partial charge in [-0.15, -0.1) is 36.0 Å². The summed E-state index contributed by atoms with van der Waals surface area (Å²) in [6.07, 6.45) is 10.4. The Hall–Kier alpha value is -5.08. The number of amides is 1. The van der Waals surface area contributed by atoms with Gasteiger partial charge >= 0.3 is 5.97 Å². The number of terminal acetylenes is 2. The molecule has 0 unspecified atom stereocenters. The Bertz CT molecular complexity index is 1490. The zero-order chi connectivity index (χ0) is 29.9. The molecule has 0 spiro atoms. The molecule has 0 aromatic heterocycles. The van der Waals surface area contributed by atoms with Crippen LogP contribution in [0.1, 0.15) is 39.3 Å². The van der Waals surface area contributed by atoms with E-state index in [2.05, 4.69) is 17.2 Å². The molecular formula is C32H30Cl2N2O5. The third-order valence-electron chi connectivity index (χ3n) is 4.62. The predicted molar refractivity (Wildman–Crippen MR) is 168 cm³/mol. The lowest BCUT2D eigenvalue weighted by molar-refractivity contribution is 0.0693. The van der Waals surface area contributed by atoms with Gasteiger partial charge in [-0.2, -0.15) is 0 Å². The average Bonchev–Trinajstić information content (AvgIpc) is 2.94. The van der Waals surface area contributed by atoms with Crippen LogP contribution in [0.3, 0.4) is 0 Å². The molecule has 0 saturated carbocycles. The highest BCUT2D eigenvalue weighted by molar-refractivity contribution is 6.40. The molecule has 0 bridgehead atoms. The van der Waals surface area contributed by atoms with Crippen molar-refractivity contribution in [3.05, 3.63) is 119 Å². The molecule has 1 amide bonds. The second kappa shape index (κ2) is 19.9. The number of phenols is 2. The van der Waals surface area contributed by atoms with Gasteiger partial charge in [0.15, 0.2) is 0 Å². The fourth-order valence-corrected chi connectivity index (χ4v) is 2.83. The van der Waals surface area contributed by atoms with Crippen LogP contribution >= 0.6 is 23.2 Å². The molecular weight excluding hydrogens is 563 g/mol. The molecule has 4 aromatic rings. The fourth-order valence-electron chi connectivity index (χ4n) is 2.83. The Balaban J connectivity index is 0.000000593. The first-order valence-electron chi connectivity index (χ1n) is 11.3. The Labute approximate surface area is 250 Å². The van der Waals surface area contributed by atoms with Crippen LogP contribution < -0.4 is 11.1 Å². The van der Waals surface area contributed by atoms with E-state index in [-0.39, 0.29) is 41.3 Å². The number of aromatic hydroxyl groups is 2. The van der Waals surface area contributed by atoms with E-state index in [4.69, 9.17) is 52.0 Å². The maximum atomic E-state index is 11.9. The van der Waals surface area contributed by atoms with Crippen molar-refractivity contribution in [1.82, 2.24) is 0 Å². The number of rotatable bonds is 3. The molecule has 0 aliphatic rings. The maximum absolute atomic E-state index is 11.9. The Kier molecular flexibility index (Phi) is 17.4. The first-order valence-corrected chi connectivity index (χ1v) is 12.3. The van der Waals surface area contributed by atoms with Gasteiger partial charge in [-0.1, -0.05) is 55.7 Å². The second-order valence-corrected chi connectivity index (χ2v) is 8.20. The molecule has 0 atom stereocenters. The minimum atomic E-state index is -1.11. The zero-order valence-electron chi connectivity index (χ0n) is 21.1. The van der Waals surface area contributed by atoms with Crippen molar-refractivity contribution in [2.24, 2.45) is 0 Å². The number of carbonyl (C=O) groups is 2. The van der Waals surface area contributed by atoms with Crippen molar-refractivity contribution in [1.29, 1.82) is 0 Å². The number of benzene rings is 4. The van der Waals surface area contributed by atoms with E-state index in [1.54, 1.807) is 66.7 Å². The topological polar surface area (TPSA) is 133 Å². The highest BCUT2D eigenvalue weighted by atomic mass is 35.5. The number of anilines is 2. The van der Waals surface area contributed by atoms with Crippen LogP contribution in [0.4, 0.5) is 11.4 Å². The molecule has 0 aliphatic heterocycles. The lowest BCUT2D eigenvalue weighted by atomic mass is 10.1. The van der Waals surface area contributed by atoms with Gasteiger partial charge in [0.2, 0.25) is 0 Å². The molecule has 7 nitrogen and oxygen atoms in total. The van der Waals surface area contributed by atoms with Crippen molar-refractivity contribution in [3.8, 4) is 36.2 Å². The summed E-state index contributed by atoms with van der Waals surface area (Å²) >= 11 is 9.53. The van der Waals surface area contributed by atoms with E-state index in [0.29, 0.717) is 16.9 Å². The maximum Gasteiger partial charge on any atom is 0.339 e. The minimum Gasteiger partial charge on any atom is -0.507 e. The summed E-state index contributed by atoms with van der Waals surface area (Å²) in [7, 11) is 0. The molecule has 0 heterocycles. The van der Waals surface area contributed by atoms with Crippen molar-refractivity contribution in [2.75, 3.05) is 16.4 Å². The van der Waals surface area contributed by atoms with Crippen LogP contribution in [0.25, 0.3) is 0 Å². The average molecular weight is 594 g/mol. The molecule has 0 saturated heterocycles. The van der Waals surface area contributed by atoms with Crippen LogP contribution in [0.5, 0.6) is 11.5 Å². The normalized spacial score (nSPS) is 8.68. The monoisotopic (exact) mass is 592 g/mol. The van der Waals surface area contributed by atoms with Crippen LogP contribution in [0, 0.1) is 24.7 Å². The van der Waals surface area contributed by atoms with E-state index < -0.39 is 5.97 Å². The minimum absolute atomic E-state index is 0. The number of alkyl halides is 2. The van der Waals surface area contributed by atoms with Gasteiger partial charge in [0, 0.05) is 22.5 Å². The number of para-hydroxylation sites is 2. The predicted octanol–water partition coefficient (Wildman–Crippen LogP) is 7.02. The highest BCUT2D eigenvalue weighted by Crippen LogP contribution is 2.18. The summed E-state index contributed by atoms with van der Waals surface area (Å²) in [6, 6.07) is 26.4. The number of carboxylic acids is 1. The molecule has 0 fully saturated rings. The van der Waals surface area contributed by atoms with Crippen LogP contribution in [0.2, 0.25) is 0 Å². The van der Waals surface area contributed by atoms with E-state index in [1.807, 2.05) is 12.1 Å². The smallest absolute Gasteiger partial charge is 0.339 e. The van der Waals surface area contributed by atoms with Gasteiger partial charge in [-0.25, -0.2) is 4.79 Å². The molecule has 0 aliphatic carbocycles. The van der Waals surface area contributed by atoms with Gasteiger partial charge in [0.1, 0.15) is 17.1 Å². The largest absolute Gasteiger partial charge is 0.507 e. The molecule has 6 N–H and O–H groups in total. The third kappa shape index (κ3) is 13.5. The van der Waals surface area contributed by atoms with Gasteiger partial charge in [0.25, 0.3) is 5.91 Å². The number of hydrogen-bond donors (Lipinski definition) is 5. The van der Waals surface area contributed by atoms with Crippen LogP contribution in [0.15, 0.2) is 97.1 Å². The Morgan fingerprint density at radius 1 is 0.756 bits per heavy atom. The summed E-state index contributed by atoms with van der Waals surface area (Å²) < 4.78 is 0. The first kappa shape index (κ1) is 35.9. The summed E-state index contributed by atoms with van der Waals surface area (Å²) in [5.74, 6) is 3.24. The third-order valence-corrected chi connectivity index (χ3v) is 4.62. The standard InChI is InChI=1S/C15H11NO2.C8H7N.C7H6O3.CH2Cl2.CH4/c1-2-11-6-5-7-12(10-11)16-15(18)13-8-3-4-9-14(13)17;1-2-7-4-3-5-8(9)6-7;8-6-4-2-1-3-5(6)7(9)10;2-1-3;/h1,3-10,17H,(H,16,18);1,3-6H,9H2;1-4,8H,(H,9,10);1H2;1H4. The van der Waals surface area contributed by atoms with Crippen LogP contribution in [-0.2, 0) is 0 Å². The molecule has 4 rings (SSSR count). The molecule has 4 aromatic carbocycles. The second-order valence-electron chi connectivity index (χ2n) is 7.39. The van der Waals surface area contributed by atoms with Gasteiger partial charge in [-0.3, -0.25) is 4.79 Å². The van der Waals surface area contributed by atoms with Gasteiger partial charge in [-0.05, 0) is 60.7 Å². The lowest BCUT2D eigenvalue weighted by Crippen LogP contribution is -2.11. The lowest BCUT2D eigenvalue weighted by Gasteiger charge is -2.06. The van der Waals surface area contributed by atoms with E-state index >= 15 is 0 Å². The van der Waals surface area contributed by atoms with Gasteiger partial charge < -0.3 is 26.4 Å². The summed E-state index contributed by atoms with van der Waals surface area (Å²) in [4.78, 5) is 22.2. The number of phenolic OH excluding ortho intramolecular Hbond substituents is 1. The van der Waals surface area contributed by atoms with E-state index in [0.717, 1.165) is 5.56 Å².